The predicted molar refractivity (Wildman–Crippen MR) is 87.4 cm³/mol. The normalized spacial score (nSPS) is 12.3. The molecular weight excluding hydrogens is 513 g/mol. The van der Waals surface area contributed by atoms with E-state index in [1.54, 1.807) is 0 Å². The molecule has 0 aliphatic heterocycles. The van der Waals surface area contributed by atoms with Crippen LogP contribution in [-0.2, 0) is 18.5 Å². The molecule has 4 nitrogen and oxygen atoms in total. The van der Waals surface area contributed by atoms with Crippen LogP contribution in [0.3, 0.4) is 0 Å². The summed E-state index contributed by atoms with van der Waals surface area (Å²) < 4.78 is 161. The molecule has 0 atom stereocenters. The van der Waals surface area contributed by atoms with Gasteiger partial charge in [-0.3, -0.25) is 0 Å². The van der Waals surface area contributed by atoms with Crippen LogP contribution in [0, 0.1) is 23.3 Å². The molecule has 0 saturated carbocycles. The number of alkyl halides is 9. The summed E-state index contributed by atoms with van der Waals surface area (Å²) in [4.78, 5) is 0. The van der Waals surface area contributed by atoms with Gasteiger partial charge in [-0.2, -0.15) is 39.5 Å². The van der Waals surface area contributed by atoms with Gasteiger partial charge in [-0.25, -0.2) is 17.6 Å². The highest BCUT2D eigenvalue weighted by Crippen LogP contribution is 2.35. The summed E-state index contributed by atoms with van der Waals surface area (Å²) in [6.45, 7) is 0. The summed E-state index contributed by atoms with van der Waals surface area (Å²) >= 11 is 0. The fraction of sp³-hybridized carbons (Fsp3) is 0.200. The zero-order valence-corrected chi connectivity index (χ0v) is 15.6. The molecular formula is C15H7B2F13O4. The van der Waals surface area contributed by atoms with Crippen molar-refractivity contribution in [2.24, 2.45) is 0 Å². The molecule has 0 spiro atoms. The van der Waals surface area contributed by atoms with Crippen LogP contribution >= 0.6 is 0 Å². The summed E-state index contributed by atoms with van der Waals surface area (Å²) in [6, 6.07) is 0.408. The van der Waals surface area contributed by atoms with Gasteiger partial charge in [0, 0.05) is 0 Å². The van der Waals surface area contributed by atoms with Gasteiger partial charge in [0.2, 0.25) is 0 Å². The second-order valence-corrected chi connectivity index (χ2v) is 6.13. The van der Waals surface area contributed by atoms with Crippen molar-refractivity contribution in [3.8, 4) is 0 Å². The molecule has 0 aliphatic carbocycles. The fourth-order valence-corrected chi connectivity index (χ4v) is 2.25. The maximum absolute atomic E-state index is 12.9. The molecule has 2 aromatic rings. The van der Waals surface area contributed by atoms with Gasteiger partial charge < -0.3 is 20.1 Å². The van der Waals surface area contributed by atoms with Crippen LogP contribution in [0.15, 0.2) is 18.2 Å². The Labute approximate surface area is 180 Å². The van der Waals surface area contributed by atoms with Crippen LogP contribution in [0.1, 0.15) is 16.7 Å². The molecule has 4 N–H and O–H groups in total. The monoisotopic (exact) mass is 520 g/mol. The summed E-state index contributed by atoms with van der Waals surface area (Å²) in [7, 11) is -5.39. The Hall–Kier alpha value is -2.50. The van der Waals surface area contributed by atoms with E-state index in [4.69, 9.17) is 20.1 Å². The van der Waals surface area contributed by atoms with Crippen LogP contribution in [-0.4, -0.2) is 34.3 Å². The van der Waals surface area contributed by atoms with Crippen LogP contribution in [0.5, 0.6) is 0 Å². The van der Waals surface area contributed by atoms with E-state index in [-0.39, 0.29) is 18.2 Å². The molecule has 0 radical (unpaired) electrons. The smallest absolute Gasteiger partial charge is 0.423 e. The van der Waals surface area contributed by atoms with Crippen molar-refractivity contribution in [2.45, 2.75) is 18.5 Å². The minimum atomic E-state index is -5.66. The molecule has 2 rings (SSSR count). The third-order valence-electron chi connectivity index (χ3n) is 3.75. The van der Waals surface area contributed by atoms with Gasteiger partial charge in [-0.05, 0) is 11.5 Å². The van der Waals surface area contributed by atoms with E-state index < -0.39 is 83.7 Å². The standard InChI is InChI=1S/C8H5BF6O2.C7H2BF7O2/c10-7(11,12)4-1-5(8(13,14)15)3-6(2-4)9(16)17;9-3-1(7(13,14)15)4(10)6(12)2(5(3)11)8(16)17/h1-3,16-17H;16-17H. The maximum atomic E-state index is 12.9. The molecule has 0 bridgehead atoms. The lowest BCUT2D eigenvalue weighted by Gasteiger charge is -2.13. The Morgan fingerprint density at radius 2 is 0.853 bits per heavy atom. The van der Waals surface area contributed by atoms with Gasteiger partial charge in [0.05, 0.1) is 16.6 Å². The first-order valence-electron chi connectivity index (χ1n) is 8.05. The van der Waals surface area contributed by atoms with Gasteiger partial charge >= 0.3 is 32.8 Å². The lowest BCUT2D eigenvalue weighted by atomic mass is 9.78. The largest absolute Gasteiger partial charge is 0.494 e. The molecule has 0 fully saturated rings. The number of hydrogen-bond donors (Lipinski definition) is 4. The second-order valence-electron chi connectivity index (χ2n) is 6.13. The van der Waals surface area contributed by atoms with E-state index in [1.165, 1.54) is 0 Å². The van der Waals surface area contributed by atoms with Gasteiger partial charge in [0.15, 0.2) is 23.3 Å². The van der Waals surface area contributed by atoms with Crippen molar-refractivity contribution >= 4 is 25.2 Å². The second kappa shape index (κ2) is 10.0. The molecule has 0 heterocycles. The topological polar surface area (TPSA) is 80.9 Å². The molecule has 188 valence electrons. The third kappa shape index (κ3) is 6.77. The van der Waals surface area contributed by atoms with E-state index in [9.17, 15) is 57.1 Å². The van der Waals surface area contributed by atoms with Crippen molar-refractivity contribution in [3.63, 3.8) is 0 Å². The first kappa shape index (κ1) is 29.5. The Morgan fingerprint density at radius 1 is 0.500 bits per heavy atom. The quantitative estimate of drug-likeness (QED) is 0.279. The first-order chi connectivity index (χ1) is 15.1. The molecule has 0 saturated heterocycles. The molecule has 34 heavy (non-hydrogen) atoms. The summed E-state index contributed by atoms with van der Waals surface area (Å²) in [5.74, 6) is -10.5. The van der Waals surface area contributed by atoms with Gasteiger partial charge in [0.1, 0.15) is 5.56 Å². The summed E-state index contributed by atoms with van der Waals surface area (Å²) in [5.41, 5.74) is -8.73. The number of hydrogen-bond acceptors (Lipinski definition) is 4. The highest BCUT2D eigenvalue weighted by Gasteiger charge is 2.43. The highest BCUT2D eigenvalue weighted by atomic mass is 19.4. The lowest BCUT2D eigenvalue weighted by molar-refractivity contribution is -0.144. The Morgan fingerprint density at radius 3 is 1.09 bits per heavy atom. The molecule has 2 aromatic carbocycles. The minimum absolute atomic E-state index is 0.0914. The minimum Gasteiger partial charge on any atom is -0.423 e. The fourth-order valence-electron chi connectivity index (χ4n) is 2.25. The first-order valence-corrected chi connectivity index (χ1v) is 8.05. The molecule has 19 heteroatoms. The van der Waals surface area contributed by atoms with E-state index >= 15 is 0 Å². The highest BCUT2D eigenvalue weighted by molar-refractivity contribution is 6.59. The summed E-state index contributed by atoms with van der Waals surface area (Å²) in [6.07, 6.45) is -15.6. The zero-order chi connectivity index (χ0) is 27.0. The number of halogens is 13. The molecule has 0 aromatic heterocycles. The van der Waals surface area contributed by atoms with Crippen molar-refractivity contribution in [1.29, 1.82) is 0 Å². The molecule has 0 unspecified atom stereocenters. The van der Waals surface area contributed by atoms with E-state index in [0.29, 0.717) is 0 Å². The average Bonchev–Trinajstić information content (AvgIpc) is 2.64. The van der Waals surface area contributed by atoms with E-state index in [0.717, 1.165) is 0 Å². The van der Waals surface area contributed by atoms with E-state index in [1.807, 2.05) is 0 Å². The Balaban J connectivity index is 0.000000340. The van der Waals surface area contributed by atoms with Crippen LogP contribution < -0.4 is 10.9 Å². The summed E-state index contributed by atoms with van der Waals surface area (Å²) in [5, 5.41) is 34.0. The SMILES string of the molecule is OB(O)c1c(F)c(F)c(C(F)(F)F)c(F)c1F.OB(O)c1cc(C(F)(F)F)cc(C(F)(F)F)c1. The van der Waals surface area contributed by atoms with Crippen LogP contribution in [0.25, 0.3) is 0 Å². The molecule has 0 amide bonds. The van der Waals surface area contributed by atoms with Crippen LogP contribution in [0.4, 0.5) is 57.1 Å². The van der Waals surface area contributed by atoms with Crippen molar-refractivity contribution in [2.75, 3.05) is 0 Å². The van der Waals surface area contributed by atoms with Crippen LogP contribution in [0.2, 0.25) is 0 Å². The third-order valence-corrected chi connectivity index (χ3v) is 3.75. The van der Waals surface area contributed by atoms with Crippen molar-refractivity contribution in [1.82, 2.24) is 0 Å². The Bertz CT molecular complexity index is 972. The molecule has 0 aliphatic rings. The van der Waals surface area contributed by atoms with Gasteiger partial charge in [0.25, 0.3) is 0 Å². The van der Waals surface area contributed by atoms with E-state index in [2.05, 4.69) is 0 Å². The number of benzene rings is 2. The zero-order valence-electron chi connectivity index (χ0n) is 15.6. The number of rotatable bonds is 2. The predicted octanol–water partition coefficient (Wildman–Crippen LogP) is 2.35. The Kier molecular flexibility index (Phi) is 8.69. The van der Waals surface area contributed by atoms with Gasteiger partial charge in [-0.15, -0.1) is 0 Å². The van der Waals surface area contributed by atoms with Crippen molar-refractivity contribution < 1.29 is 77.2 Å². The average molecular weight is 520 g/mol. The van der Waals surface area contributed by atoms with Gasteiger partial charge in [-0.1, -0.05) is 12.1 Å². The van der Waals surface area contributed by atoms with Crippen molar-refractivity contribution in [3.05, 3.63) is 58.2 Å². The maximum Gasteiger partial charge on any atom is 0.494 e. The lowest BCUT2D eigenvalue weighted by Crippen LogP contribution is -2.39.